The zero-order valence-corrected chi connectivity index (χ0v) is 13.1. The Morgan fingerprint density at radius 1 is 1.05 bits per heavy atom. The van der Waals surface area contributed by atoms with Gasteiger partial charge in [-0.15, -0.1) is 24.8 Å². The van der Waals surface area contributed by atoms with Gasteiger partial charge in [-0.25, -0.2) is 4.99 Å². The Hall–Kier alpha value is -0.650. The van der Waals surface area contributed by atoms with E-state index in [0.29, 0.717) is 5.96 Å². The molecular weight excluding hydrogens is 299 g/mol. The van der Waals surface area contributed by atoms with Gasteiger partial charge in [-0.05, 0) is 19.3 Å². The molecule has 2 fully saturated rings. The topological polar surface area (TPSA) is 57.1 Å². The summed E-state index contributed by atoms with van der Waals surface area (Å²) in [5, 5.41) is 3.30. The maximum atomic E-state index is 12.1. The minimum Gasteiger partial charge on any atom is -0.338 e. The first-order chi connectivity index (χ1) is 8.84. The number of hydrogen-bond acceptors (Lipinski definition) is 4. The van der Waals surface area contributed by atoms with Crippen LogP contribution in [-0.4, -0.2) is 48.7 Å². The highest BCUT2D eigenvalue weighted by Gasteiger charge is 2.31. The molecule has 1 aliphatic carbocycles. The van der Waals surface area contributed by atoms with Gasteiger partial charge in [0.05, 0.1) is 5.92 Å². The first-order valence-corrected chi connectivity index (χ1v) is 7.00. The van der Waals surface area contributed by atoms with Crippen LogP contribution in [0.1, 0.15) is 32.1 Å². The second kappa shape index (κ2) is 7.96. The number of fused-ring (bicyclic) bond motifs is 1. The Morgan fingerprint density at radius 2 is 1.80 bits per heavy atom. The van der Waals surface area contributed by atoms with Gasteiger partial charge in [-0.2, -0.15) is 4.99 Å². The van der Waals surface area contributed by atoms with Gasteiger partial charge in [0.25, 0.3) is 5.91 Å². The molecule has 0 aromatic rings. The summed E-state index contributed by atoms with van der Waals surface area (Å²) in [6.07, 6.45) is 5.43. The number of aliphatic imine (C=N–C) groups is 2. The summed E-state index contributed by atoms with van der Waals surface area (Å²) in [5.41, 5.74) is 1.08. The molecule has 0 aromatic carbocycles. The number of guanidine groups is 1. The maximum absolute atomic E-state index is 12.1. The Balaban J connectivity index is 0.000001000. The standard InChI is InChI=1S/C13H20N4O.2ClH/c18-12-10-4-2-1-3-5-11(10)15-13(16-12)17-8-6-14-7-9-17;;/h10,14H,1-9H2;2*1H. The number of rotatable bonds is 0. The van der Waals surface area contributed by atoms with Crippen LogP contribution in [0.25, 0.3) is 0 Å². The second-order valence-corrected chi connectivity index (χ2v) is 5.24. The van der Waals surface area contributed by atoms with Crippen molar-refractivity contribution >= 4 is 42.4 Å². The fourth-order valence-electron chi connectivity index (χ4n) is 2.91. The molecule has 0 radical (unpaired) electrons. The molecule has 2 heterocycles. The molecule has 3 rings (SSSR count). The van der Waals surface area contributed by atoms with E-state index in [1.165, 1.54) is 6.42 Å². The van der Waals surface area contributed by atoms with Crippen molar-refractivity contribution < 1.29 is 4.79 Å². The van der Waals surface area contributed by atoms with Gasteiger partial charge >= 0.3 is 0 Å². The zero-order valence-electron chi connectivity index (χ0n) is 11.5. The van der Waals surface area contributed by atoms with Crippen LogP contribution in [0.5, 0.6) is 0 Å². The Morgan fingerprint density at radius 3 is 2.55 bits per heavy atom. The normalized spacial score (nSPS) is 26.3. The molecule has 20 heavy (non-hydrogen) atoms. The number of halogens is 2. The summed E-state index contributed by atoms with van der Waals surface area (Å²) >= 11 is 0. The third-order valence-corrected chi connectivity index (χ3v) is 3.98. The fraction of sp³-hybridized carbons (Fsp3) is 0.769. The lowest BCUT2D eigenvalue weighted by Gasteiger charge is -2.30. The molecule has 0 aromatic heterocycles. The van der Waals surface area contributed by atoms with Crippen LogP contribution in [0, 0.1) is 5.92 Å². The molecule has 1 N–H and O–H groups in total. The quantitative estimate of drug-likeness (QED) is 0.738. The lowest BCUT2D eigenvalue weighted by molar-refractivity contribution is -0.120. The Labute approximate surface area is 132 Å². The van der Waals surface area contributed by atoms with Gasteiger partial charge in [0.2, 0.25) is 5.96 Å². The molecule has 1 atom stereocenters. The Kier molecular flexibility index (Phi) is 6.92. The summed E-state index contributed by atoms with van der Waals surface area (Å²) in [5.74, 6) is 0.684. The van der Waals surface area contributed by atoms with Gasteiger partial charge in [0.1, 0.15) is 0 Å². The molecule has 1 unspecified atom stereocenters. The van der Waals surface area contributed by atoms with E-state index in [0.717, 1.165) is 57.6 Å². The van der Waals surface area contributed by atoms with E-state index in [-0.39, 0.29) is 36.6 Å². The van der Waals surface area contributed by atoms with E-state index in [9.17, 15) is 4.79 Å². The largest absolute Gasteiger partial charge is 0.338 e. The molecular formula is C13H22Cl2N4O. The van der Waals surface area contributed by atoms with E-state index >= 15 is 0 Å². The first-order valence-electron chi connectivity index (χ1n) is 7.00. The third kappa shape index (κ3) is 3.71. The minimum atomic E-state index is -0.0147. The lowest BCUT2D eigenvalue weighted by Crippen LogP contribution is -2.47. The smallest absolute Gasteiger partial charge is 0.257 e. The number of piperazine rings is 1. The van der Waals surface area contributed by atoms with Gasteiger partial charge in [0.15, 0.2) is 0 Å². The zero-order chi connectivity index (χ0) is 12.4. The van der Waals surface area contributed by atoms with E-state index in [4.69, 9.17) is 0 Å². The van der Waals surface area contributed by atoms with Crippen LogP contribution in [0.3, 0.4) is 0 Å². The molecule has 1 amide bonds. The van der Waals surface area contributed by atoms with Gasteiger partial charge in [-0.1, -0.05) is 12.8 Å². The van der Waals surface area contributed by atoms with Crippen molar-refractivity contribution in [3.05, 3.63) is 0 Å². The number of carbonyl (C=O) groups excluding carboxylic acids is 1. The van der Waals surface area contributed by atoms with Gasteiger partial charge < -0.3 is 10.2 Å². The molecule has 1 saturated carbocycles. The number of nitrogens with one attached hydrogen (secondary N) is 1. The van der Waals surface area contributed by atoms with E-state index < -0.39 is 0 Å². The van der Waals surface area contributed by atoms with Gasteiger partial charge in [0, 0.05) is 31.9 Å². The third-order valence-electron chi connectivity index (χ3n) is 3.98. The SMILES string of the molecule is Cl.Cl.O=C1N=C(N2CCNCC2)N=C2CCCCCC12. The molecule has 1 saturated heterocycles. The number of hydrogen-bond donors (Lipinski definition) is 1. The second-order valence-electron chi connectivity index (χ2n) is 5.24. The van der Waals surface area contributed by atoms with E-state index in [2.05, 4.69) is 20.2 Å². The van der Waals surface area contributed by atoms with Crippen LogP contribution >= 0.6 is 24.8 Å². The van der Waals surface area contributed by atoms with Crippen LogP contribution in [-0.2, 0) is 4.79 Å². The summed E-state index contributed by atoms with van der Waals surface area (Å²) in [4.78, 5) is 23.2. The molecule has 0 spiro atoms. The van der Waals surface area contributed by atoms with Crippen molar-refractivity contribution in [1.82, 2.24) is 10.2 Å². The highest BCUT2D eigenvalue weighted by Crippen LogP contribution is 2.25. The molecule has 3 aliphatic rings. The van der Waals surface area contributed by atoms with Crippen LogP contribution in [0.15, 0.2) is 9.98 Å². The van der Waals surface area contributed by atoms with Crippen LogP contribution in [0.4, 0.5) is 0 Å². The number of nitrogens with zero attached hydrogens (tertiary/aromatic N) is 3. The van der Waals surface area contributed by atoms with Crippen LogP contribution < -0.4 is 5.32 Å². The lowest BCUT2D eigenvalue weighted by atomic mass is 9.96. The van der Waals surface area contributed by atoms with Crippen molar-refractivity contribution in [2.24, 2.45) is 15.9 Å². The monoisotopic (exact) mass is 320 g/mol. The summed E-state index contributed by atoms with van der Waals surface area (Å²) in [7, 11) is 0. The molecule has 114 valence electrons. The molecule has 7 heteroatoms. The average molecular weight is 321 g/mol. The van der Waals surface area contributed by atoms with Crippen LogP contribution in [0.2, 0.25) is 0 Å². The Bertz CT molecular complexity index is 405. The van der Waals surface area contributed by atoms with Crippen molar-refractivity contribution in [2.75, 3.05) is 26.2 Å². The fourth-order valence-corrected chi connectivity index (χ4v) is 2.91. The van der Waals surface area contributed by atoms with Crippen molar-refractivity contribution in [1.29, 1.82) is 0 Å². The predicted molar refractivity (Wildman–Crippen MR) is 85.4 cm³/mol. The number of amides is 1. The van der Waals surface area contributed by atoms with E-state index in [1.807, 2.05) is 0 Å². The summed E-state index contributed by atoms with van der Waals surface area (Å²) in [6.45, 7) is 3.68. The molecule has 5 nitrogen and oxygen atoms in total. The summed E-state index contributed by atoms with van der Waals surface area (Å²) in [6, 6.07) is 0. The number of carbonyl (C=O) groups is 1. The van der Waals surface area contributed by atoms with Crippen molar-refractivity contribution in [2.45, 2.75) is 32.1 Å². The summed E-state index contributed by atoms with van der Waals surface area (Å²) < 4.78 is 0. The predicted octanol–water partition coefficient (Wildman–Crippen LogP) is 1.65. The van der Waals surface area contributed by atoms with E-state index in [1.54, 1.807) is 0 Å². The van der Waals surface area contributed by atoms with Gasteiger partial charge in [-0.3, -0.25) is 4.79 Å². The highest BCUT2D eigenvalue weighted by molar-refractivity contribution is 6.15. The van der Waals surface area contributed by atoms with Crippen molar-refractivity contribution in [3.8, 4) is 0 Å². The average Bonchev–Trinajstić information content (AvgIpc) is 2.65. The maximum Gasteiger partial charge on any atom is 0.257 e. The molecule has 2 aliphatic heterocycles. The molecule has 0 bridgehead atoms. The highest BCUT2D eigenvalue weighted by atomic mass is 35.5. The first kappa shape index (κ1) is 17.4. The minimum absolute atomic E-state index is 0. The van der Waals surface area contributed by atoms with Crippen molar-refractivity contribution in [3.63, 3.8) is 0 Å².